The van der Waals surface area contributed by atoms with Crippen molar-refractivity contribution in [3.8, 4) is 46.0 Å². The van der Waals surface area contributed by atoms with E-state index in [0.29, 0.717) is 28.6 Å². The minimum Gasteiger partial charge on any atom is -0.505 e. The van der Waals surface area contributed by atoms with E-state index in [2.05, 4.69) is 10.2 Å². The van der Waals surface area contributed by atoms with E-state index in [0.717, 1.165) is 0 Å². The summed E-state index contributed by atoms with van der Waals surface area (Å²) in [6.07, 6.45) is -10.5. The summed E-state index contributed by atoms with van der Waals surface area (Å²) in [5.41, 5.74) is 6.38. The van der Waals surface area contributed by atoms with Crippen molar-refractivity contribution in [1.29, 1.82) is 0 Å². The maximum absolute atomic E-state index is 13.1. The molecule has 27 nitrogen and oxygen atoms in total. The van der Waals surface area contributed by atoms with E-state index >= 15 is 0 Å². The molecule has 4 heterocycles. The Morgan fingerprint density at radius 1 is 0.564 bits per heavy atom. The number of ether oxygens (including phenoxy) is 8. The molecule has 10 rings (SSSR count). The third-order valence-corrected chi connectivity index (χ3v) is 15.2. The van der Waals surface area contributed by atoms with Crippen molar-refractivity contribution >= 4 is 69.2 Å². The van der Waals surface area contributed by atoms with Crippen LogP contribution in [0.15, 0.2) is 152 Å². The highest BCUT2D eigenvalue weighted by atomic mass is 35.5. The van der Waals surface area contributed by atoms with E-state index in [4.69, 9.17) is 75.1 Å². The molecule has 13 N–H and O–H groups in total. The van der Waals surface area contributed by atoms with Crippen molar-refractivity contribution < 1.29 is 102 Å². The molecule has 8 atom stereocenters. The summed E-state index contributed by atoms with van der Waals surface area (Å²) in [7, 11) is 0. The Kier molecular flexibility index (Phi) is 24.0. The van der Waals surface area contributed by atoms with Gasteiger partial charge in [0.15, 0.2) is 35.1 Å². The van der Waals surface area contributed by atoms with Gasteiger partial charge in [0.2, 0.25) is 12.6 Å². The van der Waals surface area contributed by atoms with Crippen LogP contribution in [0, 0.1) is 25.7 Å². The second-order valence-corrected chi connectivity index (χ2v) is 22.1. The monoisotopic (exact) mass is 1320 g/mol. The Morgan fingerprint density at radius 3 is 1.34 bits per heavy atom. The van der Waals surface area contributed by atoms with Gasteiger partial charge in [-0.25, -0.2) is 24.0 Å². The second kappa shape index (κ2) is 31.0. The summed E-state index contributed by atoms with van der Waals surface area (Å²) in [6, 6.07) is 36.6. The molecule has 3 amide bonds. The number of fused-ring (bicyclic) bond motifs is 2. The van der Waals surface area contributed by atoms with Crippen LogP contribution in [0.4, 0.5) is 21.0 Å². The second-order valence-electron chi connectivity index (χ2n) is 21.9. The smallest absolute Gasteiger partial charge is 0.404 e. The number of aliphatic hydroxyl groups excluding tert-OH is 4. The van der Waals surface area contributed by atoms with Crippen LogP contribution in [0.3, 0.4) is 0 Å². The molecule has 2 saturated heterocycles. The number of carboxylic acid groups (broad SMARTS) is 1. The molecule has 94 heavy (non-hydrogen) atoms. The molecule has 2 aliphatic heterocycles. The lowest BCUT2D eigenvalue weighted by molar-refractivity contribution is -0.291. The van der Waals surface area contributed by atoms with Crippen molar-refractivity contribution in [2.45, 2.75) is 105 Å². The summed E-state index contributed by atoms with van der Waals surface area (Å²) in [5, 5.41) is 74.0. The fourth-order valence-corrected chi connectivity index (χ4v) is 10.3. The van der Waals surface area contributed by atoms with Crippen LogP contribution in [0.2, 0.25) is 0 Å². The van der Waals surface area contributed by atoms with E-state index in [1.54, 1.807) is 77.9 Å². The Morgan fingerprint density at radius 2 is 0.947 bits per heavy atom. The number of nitrogens with two attached hydrogens (primary N) is 2. The number of hydrogen-bond acceptors (Lipinski definition) is 23. The van der Waals surface area contributed by atoms with Crippen molar-refractivity contribution in [2.24, 2.45) is 23.3 Å². The predicted molar refractivity (Wildman–Crippen MR) is 343 cm³/mol. The number of anilines is 2. The molecule has 0 aliphatic carbocycles. The maximum Gasteiger partial charge on any atom is 0.404 e. The van der Waals surface area contributed by atoms with Gasteiger partial charge in [0, 0.05) is 28.5 Å². The third kappa shape index (κ3) is 16.5. The molecule has 502 valence electrons. The van der Waals surface area contributed by atoms with Gasteiger partial charge < -0.3 is 99.3 Å². The Balaban J connectivity index is 0.000000246. The average Bonchev–Trinajstić information content (AvgIpc) is 0.775. The Bertz CT molecular complexity index is 4110. The van der Waals surface area contributed by atoms with Crippen LogP contribution in [0.1, 0.15) is 74.4 Å². The zero-order chi connectivity index (χ0) is 66.9. The van der Waals surface area contributed by atoms with Gasteiger partial charge in [0.1, 0.15) is 57.9 Å². The number of rotatable bonds is 16. The molecule has 2 fully saturated rings. The number of aromatic hydroxyl groups is 2. The lowest BCUT2D eigenvalue weighted by Gasteiger charge is -2.47. The molecule has 0 bridgehead atoms. The first-order chi connectivity index (χ1) is 43.7. The standard InChI is InChI=1S/C32H32N2O11.C19H23ClN2O9.C13H10O3.2CH4/c1-16-22(42-30-25(37)27(44-31(33)40)21(15-35)32(2,3)45-30)13-12-20-24(36)23(29(39)43-26(16)20)34-28(38)17-8-7-11-19(14-17)41-18-9-5-4-6-10-18;1-7-10(5-4-8-12(24)11(22-20)16(26)29-14(7)8)28-17-13(25)15(30-18(21)27)9(6-23)19(2,3)31-17;14-13(15)10-5-4-8-12(9-10)16-11-6-2-1-3-7-11;;/h4-14,21,25,27,30,35-37H,15H2,1-3H3,(H2,33,40)(H,34,38);4-5,9,13,15,17,22-25H,6H2,1-3H3,(H2,21,27);1-9H,(H,14,15);2*1H4/t21-,25-,27-,30-;9-,13-,15-,17-;;;/m11.../s1. The highest BCUT2D eigenvalue weighted by Crippen LogP contribution is 2.42. The average molecular weight is 1330 g/mol. The lowest BCUT2D eigenvalue weighted by atomic mass is 9.81. The van der Waals surface area contributed by atoms with Gasteiger partial charge in [-0.05, 0) is 126 Å². The van der Waals surface area contributed by atoms with E-state index < -0.39 is 126 Å². The van der Waals surface area contributed by atoms with Gasteiger partial charge in [-0.3, -0.25) is 9.63 Å². The van der Waals surface area contributed by atoms with Crippen molar-refractivity contribution in [1.82, 2.24) is 0 Å². The molecule has 0 spiro atoms. The van der Waals surface area contributed by atoms with Gasteiger partial charge in [0.25, 0.3) is 5.91 Å². The summed E-state index contributed by atoms with van der Waals surface area (Å²) in [4.78, 5) is 73.7. The number of aromatic carboxylic acids is 1. The first-order valence-electron chi connectivity index (χ1n) is 28.0. The van der Waals surface area contributed by atoms with Crippen LogP contribution in [0.5, 0.6) is 46.0 Å². The molecule has 6 aromatic carbocycles. The zero-order valence-electron chi connectivity index (χ0n) is 49.9. The third-order valence-electron chi connectivity index (χ3n) is 15.0. The number of halogens is 1. The summed E-state index contributed by atoms with van der Waals surface area (Å²) in [5.74, 6) is -1.72. The Labute approximate surface area is 542 Å². The molecular formula is C66H73ClN4O23. The fourth-order valence-electron chi connectivity index (χ4n) is 10.2. The predicted octanol–water partition coefficient (Wildman–Crippen LogP) is 9.57. The number of aliphatic hydroxyl groups is 4. The number of carbonyl (C=O) groups excluding carboxylic acids is 3. The quantitative estimate of drug-likeness (QED) is 0.0316. The molecular weight excluding hydrogens is 1250 g/mol. The topological polar surface area (TPSA) is 420 Å². The molecule has 2 aromatic heterocycles. The highest BCUT2D eigenvalue weighted by molar-refractivity contribution is 6.24. The molecule has 28 heteroatoms. The van der Waals surface area contributed by atoms with E-state index in [1.807, 2.05) is 48.5 Å². The van der Waals surface area contributed by atoms with Crippen LogP contribution in [0.25, 0.3) is 21.9 Å². The SMILES string of the molecule is C.C.Cc1c(O[C@@H]2OC(C)(C)[C@H](CO)[C@@H](OC(N)=O)[C@H]2O)ccc2c(O)c(NC(=O)c3cccc(Oc4ccccc4)c3)c(=O)oc12.Cc1c(O[C@@H]2OC(C)(C)[C@H](CO)[C@@H](OC(N)=O)[C@H]2O)ccc2c(O)c(NCl)c(=O)oc12.O=C(O)c1cccc(Oc2ccccc2)c1. The van der Waals surface area contributed by atoms with Crippen molar-refractivity contribution in [3.63, 3.8) is 0 Å². The van der Waals surface area contributed by atoms with E-state index in [1.165, 1.54) is 48.5 Å². The number of carbonyl (C=O) groups is 4. The van der Waals surface area contributed by atoms with Gasteiger partial charge in [-0.15, -0.1) is 0 Å². The maximum atomic E-state index is 13.1. The molecule has 0 unspecified atom stereocenters. The Hall–Kier alpha value is -10.1. The van der Waals surface area contributed by atoms with Gasteiger partial charge >= 0.3 is 29.4 Å². The molecule has 0 radical (unpaired) electrons. The van der Waals surface area contributed by atoms with Crippen LogP contribution < -0.4 is 51.8 Å². The van der Waals surface area contributed by atoms with Gasteiger partial charge in [0.05, 0.1) is 52.6 Å². The van der Waals surface area contributed by atoms with Gasteiger partial charge in [-0.1, -0.05) is 63.4 Å². The number of carboxylic acids is 1. The minimum absolute atomic E-state index is 0. The summed E-state index contributed by atoms with van der Waals surface area (Å²) >= 11 is 5.45. The molecule has 2 aliphatic rings. The molecule has 8 aromatic rings. The number of para-hydroxylation sites is 2. The number of amides is 3. The van der Waals surface area contributed by atoms with E-state index in [-0.39, 0.29) is 70.7 Å². The molecule has 0 saturated carbocycles. The first kappa shape index (κ1) is 72.9. The number of primary amides is 2. The lowest BCUT2D eigenvalue weighted by Crippen LogP contribution is -2.62. The summed E-state index contributed by atoms with van der Waals surface area (Å²) in [6.45, 7) is 8.73. The zero-order valence-corrected chi connectivity index (χ0v) is 50.7. The normalized spacial score (nSPS) is 19.9. The minimum atomic E-state index is -1.55. The van der Waals surface area contributed by atoms with Crippen molar-refractivity contribution in [2.75, 3.05) is 23.4 Å². The fraction of sp³-hybridized carbons (Fsp3) is 0.303. The number of benzene rings is 6. The first-order valence-corrected chi connectivity index (χ1v) is 28.4. The van der Waals surface area contributed by atoms with Crippen LogP contribution in [-0.2, 0) is 18.9 Å². The van der Waals surface area contributed by atoms with Crippen molar-refractivity contribution in [3.05, 3.63) is 177 Å². The number of nitrogens with one attached hydrogen (secondary N) is 2. The number of hydrogen-bond donors (Lipinski definition) is 11. The summed E-state index contributed by atoms with van der Waals surface area (Å²) < 4.78 is 55.6. The number of aryl methyl sites for hydroxylation is 2. The highest BCUT2D eigenvalue weighted by Gasteiger charge is 2.54. The van der Waals surface area contributed by atoms with E-state index in [9.17, 15) is 59.4 Å². The van der Waals surface area contributed by atoms with Crippen LogP contribution >= 0.6 is 11.8 Å². The van der Waals surface area contributed by atoms with Crippen LogP contribution in [-0.4, -0.2) is 121 Å². The van der Waals surface area contributed by atoms with Gasteiger partial charge in [-0.2, -0.15) is 0 Å². The largest absolute Gasteiger partial charge is 0.505 e.